The van der Waals surface area contributed by atoms with E-state index >= 15 is 0 Å². The molecule has 0 radical (unpaired) electrons. The van der Waals surface area contributed by atoms with E-state index in [0.29, 0.717) is 18.3 Å². The van der Waals surface area contributed by atoms with Gasteiger partial charge in [0.15, 0.2) is 0 Å². The second-order valence-electron chi connectivity index (χ2n) is 5.62. The molecule has 0 amide bonds. The fourth-order valence-corrected chi connectivity index (χ4v) is 2.60. The molecule has 1 aromatic rings. The first kappa shape index (κ1) is 10.8. The summed E-state index contributed by atoms with van der Waals surface area (Å²) in [6, 6.07) is 8.30. The van der Waals surface area contributed by atoms with E-state index in [1.54, 1.807) is 0 Å². The molecule has 2 aliphatic carbocycles. The molecule has 2 fully saturated rings. The second-order valence-corrected chi connectivity index (χ2v) is 5.62. The summed E-state index contributed by atoms with van der Waals surface area (Å²) in [4.78, 5) is 11.5. The molecule has 90 valence electrons. The molecule has 2 nitrogen and oxygen atoms in total. The van der Waals surface area contributed by atoms with Crippen LogP contribution in [0.3, 0.4) is 0 Å². The predicted octanol–water partition coefficient (Wildman–Crippen LogP) is 3.24. The number of ketones is 1. The van der Waals surface area contributed by atoms with E-state index in [4.69, 9.17) is 4.74 Å². The molecule has 2 aliphatic rings. The van der Waals surface area contributed by atoms with Crippen molar-refractivity contribution in [1.29, 1.82) is 0 Å². The second kappa shape index (κ2) is 3.86. The summed E-state index contributed by atoms with van der Waals surface area (Å²) in [6.07, 6.45) is 5.17. The van der Waals surface area contributed by atoms with Gasteiger partial charge in [-0.2, -0.15) is 0 Å². The van der Waals surface area contributed by atoms with Crippen molar-refractivity contribution < 1.29 is 9.53 Å². The Morgan fingerprint density at radius 3 is 2.82 bits per heavy atom. The molecule has 1 unspecified atom stereocenters. The van der Waals surface area contributed by atoms with Crippen LogP contribution in [0.1, 0.15) is 44.6 Å². The Morgan fingerprint density at radius 2 is 2.18 bits per heavy atom. The molecule has 0 spiro atoms. The fraction of sp³-hybridized carbons (Fsp3) is 0.533. The molecule has 1 atom stereocenters. The number of ether oxygens (including phenoxy) is 1. The van der Waals surface area contributed by atoms with Gasteiger partial charge in [0.2, 0.25) is 0 Å². The summed E-state index contributed by atoms with van der Waals surface area (Å²) >= 11 is 0. The van der Waals surface area contributed by atoms with E-state index in [-0.39, 0.29) is 5.41 Å². The highest BCUT2D eigenvalue weighted by atomic mass is 16.5. The molecule has 0 heterocycles. The smallest absolute Gasteiger partial charge is 0.133 e. The molecular formula is C15H18O2. The van der Waals surface area contributed by atoms with Gasteiger partial charge < -0.3 is 4.74 Å². The zero-order valence-electron chi connectivity index (χ0n) is 10.2. The van der Waals surface area contributed by atoms with Gasteiger partial charge in [0, 0.05) is 12.8 Å². The molecule has 2 heteroatoms. The molecular weight excluding hydrogens is 212 g/mol. The first-order valence-electron chi connectivity index (χ1n) is 6.45. The predicted molar refractivity (Wildman–Crippen MR) is 66.3 cm³/mol. The largest absolute Gasteiger partial charge is 0.490 e. The number of hydrogen-bond acceptors (Lipinski definition) is 2. The highest BCUT2D eigenvalue weighted by molar-refractivity contribution is 5.82. The monoisotopic (exact) mass is 230 g/mol. The van der Waals surface area contributed by atoms with Gasteiger partial charge in [-0.1, -0.05) is 19.1 Å². The van der Waals surface area contributed by atoms with Gasteiger partial charge in [-0.05, 0) is 42.4 Å². The first-order chi connectivity index (χ1) is 8.16. The van der Waals surface area contributed by atoms with Gasteiger partial charge in [0.05, 0.1) is 6.10 Å². The van der Waals surface area contributed by atoms with Crippen LogP contribution < -0.4 is 4.74 Å². The minimum Gasteiger partial charge on any atom is -0.490 e. The summed E-state index contributed by atoms with van der Waals surface area (Å²) in [6.45, 7) is 2.19. The standard InChI is InChI=1S/C15H18O2/c1-15(8-7-12(16)10-15)11-3-2-4-14(9-11)17-13-5-6-13/h2-4,9,13H,5-8,10H2,1H3. The Morgan fingerprint density at radius 1 is 1.35 bits per heavy atom. The Labute approximate surface area is 102 Å². The molecule has 0 N–H and O–H groups in total. The van der Waals surface area contributed by atoms with Gasteiger partial charge in [0.1, 0.15) is 11.5 Å². The number of Topliss-reactive ketones (excluding diaryl/α,β-unsaturated/α-hetero) is 1. The summed E-state index contributed by atoms with van der Waals surface area (Å²) in [5.74, 6) is 1.35. The van der Waals surface area contributed by atoms with E-state index in [1.807, 2.05) is 12.1 Å². The van der Waals surface area contributed by atoms with Crippen molar-refractivity contribution in [2.24, 2.45) is 0 Å². The van der Waals surface area contributed by atoms with Crippen LogP contribution in [-0.2, 0) is 10.2 Å². The first-order valence-corrected chi connectivity index (χ1v) is 6.45. The van der Waals surface area contributed by atoms with E-state index in [1.165, 1.54) is 18.4 Å². The minimum absolute atomic E-state index is 0.0278. The normalized spacial score (nSPS) is 28.4. The lowest BCUT2D eigenvalue weighted by atomic mass is 9.81. The van der Waals surface area contributed by atoms with E-state index in [9.17, 15) is 4.79 Å². The Hall–Kier alpha value is -1.31. The van der Waals surface area contributed by atoms with Crippen molar-refractivity contribution in [2.75, 3.05) is 0 Å². The summed E-state index contributed by atoms with van der Waals surface area (Å²) in [5.41, 5.74) is 1.28. The van der Waals surface area contributed by atoms with Gasteiger partial charge in [-0.25, -0.2) is 0 Å². The lowest BCUT2D eigenvalue weighted by Crippen LogP contribution is -2.17. The van der Waals surface area contributed by atoms with Crippen LogP contribution in [0, 0.1) is 0 Å². The number of benzene rings is 1. The Bertz CT molecular complexity index is 448. The topological polar surface area (TPSA) is 26.3 Å². The van der Waals surface area contributed by atoms with E-state index < -0.39 is 0 Å². The van der Waals surface area contributed by atoms with Crippen LogP contribution in [0.4, 0.5) is 0 Å². The maximum Gasteiger partial charge on any atom is 0.133 e. The number of carbonyl (C=O) groups excluding carboxylic acids is 1. The number of rotatable bonds is 3. The lowest BCUT2D eigenvalue weighted by molar-refractivity contribution is -0.117. The average molecular weight is 230 g/mol. The minimum atomic E-state index is 0.0278. The fourth-order valence-electron chi connectivity index (χ4n) is 2.60. The van der Waals surface area contributed by atoms with Crippen molar-refractivity contribution in [3.63, 3.8) is 0 Å². The van der Waals surface area contributed by atoms with E-state index in [0.717, 1.165) is 18.6 Å². The molecule has 17 heavy (non-hydrogen) atoms. The van der Waals surface area contributed by atoms with Gasteiger partial charge >= 0.3 is 0 Å². The average Bonchev–Trinajstić information content (AvgIpc) is 3.04. The summed E-state index contributed by atoms with van der Waals surface area (Å²) in [7, 11) is 0. The quantitative estimate of drug-likeness (QED) is 0.796. The lowest BCUT2D eigenvalue weighted by Gasteiger charge is -2.23. The summed E-state index contributed by atoms with van der Waals surface area (Å²) in [5, 5.41) is 0. The van der Waals surface area contributed by atoms with Gasteiger partial charge in [-0.3, -0.25) is 4.79 Å². The third-order valence-electron chi connectivity index (χ3n) is 3.90. The van der Waals surface area contributed by atoms with Crippen molar-refractivity contribution in [3.8, 4) is 5.75 Å². The highest BCUT2D eigenvalue weighted by Gasteiger charge is 2.35. The number of hydrogen-bond donors (Lipinski definition) is 0. The third kappa shape index (κ3) is 2.21. The van der Waals surface area contributed by atoms with Crippen LogP contribution in [0.5, 0.6) is 5.75 Å². The SMILES string of the molecule is CC1(c2cccc(OC3CC3)c2)CCC(=O)C1. The molecule has 0 aliphatic heterocycles. The van der Waals surface area contributed by atoms with E-state index in [2.05, 4.69) is 19.1 Å². The summed E-state index contributed by atoms with van der Waals surface area (Å²) < 4.78 is 5.81. The van der Waals surface area contributed by atoms with Gasteiger partial charge in [0.25, 0.3) is 0 Å². The number of carbonyl (C=O) groups is 1. The van der Waals surface area contributed by atoms with Crippen LogP contribution in [0.15, 0.2) is 24.3 Å². The van der Waals surface area contributed by atoms with Crippen LogP contribution in [0.2, 0.25) is 0 Å². The maximum absolute atomic E-state index is 11.5. The zero-order chi connectivity index (χ0) is 11.9. The molecule has 0 saturated heterocycles. The van der Waals surface area contributed by atoms with Crippen LogP contribution in [0.25, 0.3) is 0 Å². The van der Waals surface area contributed by atoms with Crippen molar-refractivity contribution in [1.82, 2.24) is 0 Å². The van der Waals surface area contributed by atoms with Crippen LogP contribution >= 0.6 is 0 Å². The van der Waals surface area contributed by atoms with Crippen molar-refractivity contribution >= 4 is 5.78 Å². The Balaban J connectivity index is 1.84. The zero-order valence-corrected chi connectivity index (χ0v) is 10.2. The van der Waals surface area contributed by atoms with Crippen LogP contribution in [-0.4, -0.2) is 11.9 Å². The molecule has 0 aromatic heterocycles. The third-order valence-corrected chi connectivity index (χ3v) is 3.90. The van der Waals surface area contributed by atoms with Crippen molar-refractivity contribution in [3.05, 3.63) is 29.8 Å². The Kier molecular flexibility index (Phi) is 2.46. The molecule has 2 saturated carbocycles. The molecule has 0 bridgehead atoms. The highest BCUT2D eigenvalue weighted by Crippen LogP contribution is 2.40. The molecule has 1 aromatic carbocycles. The van der Waals surface area contributed by atoms with Gasteiger partial charge in [-0.15, -0.1) is 0 Å². The maximum atomic E-state index is 11.5. The van der Waals surface area contributed by atoms with Crippen molar-refractivity contribution in [2.45, 2.75) is 50.5 Å². The molecule has 3 rings (SSSR count).